The van der Waals surface area contributed by atoms with Gasteiger partial charge in [-0.05, 0) is 42.8 Å². The van der Waals surface area contributed by atoms with E-state index < -0.39 is 6.04 Å². The summed E-state index contributed by atoms with van der Waals surface area (Å²) in [5.74, 6) is -0.815. The Bertz CT molecular complexity index is 1080. The number of nitrogens with zero attached hydrogens (tertiary/aromatic N) is 2. The largest absolute Gasteiger partial charge is 0.352 e. The first-order chi connectivity index (χ1) is 14.0. The molecule has 29 heavy (non-hydrogen) atoms. The number of amides is 2. The van der Waals surface area contributed by atoms with Crippen molar-refractivity contribution in [2.45, 2.75) is 25.9 Å². The zero-order valence-electron chi connectivity index (χ0n) is 15.9. The number of carbonyl (C=O) groups excluding carboxylic acids is 2. The second-order valence-corrected chi connectivity index (χ2v) is 7.04. The van der Waals surface area contributed by atoms with Gasteiger partial charge in [0.15, 0.2) is 0 Å². The number of aryl methyl sites for hydroxylation is 1. The van der Waals surface area contributed by atoms with Crippen LogP contribution in [0.1, 0.15) is 39.6 Å². The number of halogens is 1. The lowest BCUT2D eigenvalue weighted by Crippen LogP contribution is -2.33. The Morgan fingerprint density at radius 3 is 2.76 bits per heavy atom. The third-order valence-corrected chi connectivity index (χ3v) is 5.01. The summed E-state index contributed by atoms with van der Waals surface area (Å²) in [4.78, 5) is 31.7. The molecule has 0 radical (unpaired) electrons. The van der Waals surface area contributed by atoms with Gasteiger partial charge >= 0.3 is 0 Å². The molecule has 4 rings (SSSR count). The predicted molar refractivity (Wildman–Crippen MR) is 108 cm³/mol. The zero-order chi connectivity index (χ0) is 20.4. The average Bonchev–Trinajstić information content (AvgIpc) is 2.99. The van der Waals surface area contributed by atoms with E-state index in [0.29, 0.717) is 16.8 Å². The fourth-order valence-corrected chi connectivity index (χ4v) is 3.60. The van der Waals surface area contributed by atoms with Crippen molar-refractivity contribution in [1.82, 2.24) is 10.3 Å². The molecule has 1 aromatic heterocycles. The molecule has 146 valence electrons. The number of anilines is 1. The van der Waals surface area contributed by atoms with Crippen LogP contribution in [0.3, 0.4) is 0 Å². The number of benzene rings is 2. The fraction of sp³-hybridized carbons (Fsp3) is 0.174. The minimum Gasteiger partial charge on any atom is -0.352 e. The second kappa shape index (κ2) is 7.83. The highest BCUT2D eigenvalue weighted by Gasteiger charge is 2.39. The molecule has 2 amide bonds. The normalized spacial score (nSPS) is 15.3. The summed E-state index contributed by atoms with van der Waals surface area (Å²) >= 11 is 0. The maximum absolute atomic E-state index is 13.8. The minimum atomic E-state index is -0.513. The van der Waals surface area contributed by atoms with E-state index in [4.69, 9.17) is 0 Å². The monoisotopic (exact) mass is 389 g/mol. The van der Waals surface area contributed by atoms with Crippen molar-refractivity contribution < 1.29 is 14.0 Å². The van der Waals surface area contributed by atoms with Crippen molar-refractivity contribution in [3.8, 4) is 0 Å². The molecule has 1 N–H and O–H groups in total. The maximum atomic E-state index is 13.8. The van der Waals surface area contributed by atoms with Gasteiger partial charge in [0, 0.05) is 24.0 Å². The van der Waals surface area contributed by atoms with Gasteiger partial charge in [-0.15, -0.1) is 0 Å². The Hall–Kier alpha value is -3.54. The molecule has 0 spiro atoms. The molecule has 1 unspecified atom stereocenters. The molecule has 0 bridgehead atoms. The van der Waals surface area contributed by atoms with Crippen LogP contribution in [0.2, 0.25) is 0 Å². The van der Waals surface area contributed by atoms with E-state index in [0.717, 1.165) is 11.3 Å². The Kier molecular flexibility index (Phi) is 5.08. The number of pyridine rings is 1. The lowest BCUT2D eigenvalue weighted by atomic mass is 10.1. The number of rotatable bonds is 5. The second-order valence-electron chi connectivity index (χ2n) is 7.04. The Balaban J connectivity index is 1.58. The van der Waals surface area contributed by atoms with Crippen molar-refractivity contribution in [1.29, 1.82) is 0 Å². The molecular formula is C23H20FN3O2. The summed E-state index contributed by atoms with van der Waals surface area (Å²) in [5, 5.41) is 2.75. The molecule has 2 heterocycles. The Labute approximate surface area is 168 Å². The van der Waals surface area contributed by atoms with Crippen molar-refractivity contribution in [2.75, 3.05) is 4.90 Å². The first-order valence-corrected chi connectivity index (χ1v) is 9.40. The van der Waals surface area contributed by atoms with Gasteiger partial charge in [0.25, 0.3) is 5.91 Å². The number of hydrogen-bond acceptors (Lipinski definition) is 3. The summed E-state index contributed by atoms with van der Waals surface area (Å²) in [6, 6.07) is 16.8. The summed E-state index contributed by atoms with van der Waals surface area (Å²) in [7, 11) is 0. The third-order valence-electron chi connectivity index (χ3n) is 5.01. The molecule has 0 saturated heterocycles. The van der Waals surface area contributed by atoms with E-state index in [1.54, 1.807) is 41.4 Å². The quantitative estimate of drug-likeness (QED) is 0.719. The van der Waals surface area contributed by atoms with Crippen molar-refractivity contribution in [3.63, 3.8) is 0 Å². The number of carbonyl (C=O) groups is 2. The van der Waals surface area contributed by atoms with Crippen LogP contribution >= 0.6 is 0 Å². The number of fused-ring (bicyclic) bond motifs is 1. The van der Waals surface area contributed by atoms with E-state index in [9.17, 15) is 14.0 Å². The van der Waals surface area contributed by atoms with Crippen LogP contribution < -0.4 is 10.2 Å². The highest BCUT2D eigenvalue weighted by atomic mass is 19.1. The molecule has 0 fully saturated rings. The highest BCUT2D eigenvalue weighted by molar-refractivity contribution is 6.11. The van der Waals surface area contributed by atoms with E-state index >= 15 is 0 Å². The van der Waals surface area contributed by atoms with Crippen LogP contribution in [0.25, 0.3) is 0 Å². The van der Waals surface area contributed by atoms with Crippen molar-refractivity contribution in [3.05, 3.63) is 95.1 Å². The molecular weight excluding hydrogens is 369 g/mol. The predicted octanol–water partition coefficient (Wildman–Crippen LogP) is 3.94. The SMILES string of the molecule is Cc1cccc(N2C(=O)c3cccnc3C2CC(=O)NCc2ccccc2F)c1. The average molecular weight is 389 g/mol. The summed E-state index contributed by atoms with van der Waals surface area (Å²) in [5.41, 5.74) is 3.24. The molecule has 0 saturated carbocycles. The van der Waals surface area contributed by atoms with Gasteiger partial charge in [0.05, 0.1) is 23.7 Å². The van der Waals surface area contributed by atoms with Crippen LogP contribution in [0.5, 0.6) is 0 Å². The van der Waals surface area contributed by atoms with E-state index in [1.807, 2.05) is 31.2 Å². The lowest BCUT2D eigenvalue weighted by Gasteiger charge is -2.25. The number of aromatic nitrogens is 1. The van der Waals surface area contributed by atoms with Crippen LogP contribution in [0.15, 0.2) is 66.9 Å². The van der Waals surface area contributed by atoms with Gasteiger partial charge in [0.2, 0.25) is 5.91 Å². The molecule has 5 nitrogen and oxygen atoms in total. The summed E-state index contributed by atoms with van der Waals surface area (Å²) in [6.45, 7) is 2.04. The standard InChI is InChI=1S/C23H20FN3O2/c1-15-6-4-8-17(12-15)27-20(22-18(23(27)29)9-5-11-25-22)13-21(28)26-14-16-7-2-3-10-19(16)24/h2-12,20H,13-14H2,1H3,(H,26,28). The Morgan fingerprint density at radius 1 is 1.14 bits per heavy atom. The van der Waals surface area contributed by atoms with Gasteiger partial charge in [-0.2, -0.15) is 0 Å². The van der Waals surface area contributed by atoms with Crippen molar-refractivity contribution in [2.24, 2.45) is 0 Å². The van der Waals surface area contributed by atoms with Gasteiger partial charge in [-0.3, -0.25) is 19.5 Å². The topological polar surface area (TPSA) is 62.3 Å². The summed E-state index contributed by atoms with van der Waals surface area (Å²) in [6.07, 6.45) is 1.66. The van der Waals surface area contributed by atoms with E-state index in [2.05, 4.69) is 10.3 Å². The molecule has 0 aliphatic carbocycles. The third kappa shape index (κ3) is 3.74. The lowest BCUT2D eigenvalue weighted by molar-refractivity contribution is -0.121. The van der Waals surface area contributed by atoms with Gasteiger partial charge in [-0.1, -0.05) is 30.3 Å². The molecule has 2 aromatic carbocycles. The summed E-state index contributed by atoms with van der Waals surface area (Å²) < 4.78 is 13.8. The van der Waals surface area contributed by atoms with Crippen LogP contribution in [-0.2, 0) is 11.3 Å². The van der Waals surface area contributed by atoms with Crippen LogP contribution in [0.4, 0.5) is 10.1 Å². The van der Waals surface area contributed by atoms with Gasteiger partial charge in [-0.25, -0.2) is 4.39 Å². The first-order valence-electron chi connectivity index (χ1n) is 9.40. The van der Waals surface area contributed by atoms with Crippen LogP contribution in [0, 0.1) is 12.7 Å². The van der Waals surface area contributed by atoms with E-state index in [1.165, 1.54) is 6.07 Å². The molecule has 6 heteroatoms. The van der Waals surface area contributed by atoms with Crippen molar-refractivity contribution >= 4 is 17.5 Å². The smallest absolute Gasteiger partial charge is 0.260 e. The number of nitrogens with one attached hydrogen (secondary N) is 1. The Morgan fingerprint density at radius 2 is 1.97 bits per heavy atom. The molecule has 1 aliphatic rings. The molecule has 1 aliphatic heterocycles. The molecule has 1 atom stereocenters. The van der Waals surface area contributed by atoms with Gasteiger partial charge in [0.1, 0.15) is 5.82 Å². The van der Waals surface area contributed by atoms with E-state index in [-0.39, 0.29) is 30.6 Å². The van der Waals surface area contributed by atoms with Gasteiger partial charge < -0.3 is 5.32 Å². The fourth-order valence-electron chi connectivity index (χ4n) is 3.60. The first kappa shape index (κ1) is 18.8. The number of hydrogen-bond donors (Lipinski definition) is 1. The zero-order valence-corrected chi connectivity index (χ0v) is 15.9. The minimum absolute atomic E-state index is 0.0398. The molecule has 3 aromatic rings. The maximum Gasteiger partial charge on any atom is 0.260 e. The van der Waals surface area contributed by atoms with Crippen LogP contribution in [-0.4, -0.2) is 16.8 Å². The highest BCUT2D eigenvalue weighted by Crippen LogP contribution is 2.38.